The number of thioether (sulfide) groups is 1. The van der Waals surface area contributed by atoms with Crippen LogP contribution in [0.3, 0.4) is 0 Å². The number of nitrogens with one attached hydrogen (secondary N) is 1. The Labute approximate surface area is 268 Å². The normalized spacial score (nSPS) is 19.1. The molecule has 0 radical (unpaired) electrons. The first kappa shape index (κ1) is 28.6. The molecule has 0 bridgehead atoms. The number of rotatable bonds is 6. The second-order valence-electron chi connectivity index (χ2n) is 10.5. The molecule has 3 atom stereocenters. The number of para-hydroxylation sites is 1. The second kappa shape index (κ2) is 11.4. The summed E-state index contributed by atoms with van der Waals surface area (Å²) in [5, 5.41) is 4.55. The lowest BCUT2D eigenvalue weighted by molar-refractivity contribution is -0.122. The van der Waals surface area contributed by atoms with Crippen molar-refractivity contribution in [3.63, 3.8) is 0 Å². The Morgan fingerprint density at radius 1 is 0.909 bits per heavy atom. The van der Waals surface area contributed by atoms with E-state index in [0.29, 0.717) is 32.6 Å². The molecule has 3 unspecified atom stereocenters. The lowest BCUT2D eigenvalue weighted by Gasteiger charge is -2.31. The fourth-order valence-corrected chi connectivity index (χ4v) is 9.05. The van der Waals surface area contributed by atoms with Gasteiger partial charge in [0.15, 0.2) is 0 Å². The van der Waals surface area contributed by atoms with Crippen molar-refractivity contribution in [1.29, 1.82) is 0 Å². The molecule has 0 saturated carbocycles. The first-order valence-corrected chi connectivity index (χ1v) is 16.3. The number of benzene rings is 4. The molecule has 0 spiro atoms. The van der Waals surface area contributed by atoms with Gasteiger partial charge in [0.2, 0.25) is 17.7 Å². The summed E-state index contributed by atoms with van der Waals surface area (Å²) >= 11 is 5.60. The summed E-state index contributed by atoms with van der Waals surface area (Å²) in [6.07, 6.45) is 0. The van der Waals surface area contributed by atoms with Crippen molar-refractivity contribution in [2.24, 2.45) is 5.92 Å². The number of hydrogen-bond donors (Lipinski definition) is 1. The van der Waals surface area contributed by atoms with Gasteiger partial charge in [-0.05, 0) is 41.8 Å². The van der Waals surface area contributed by atoms with Crippen LogP contribution in [0.1, 0.15) is 16.4 Å². The van der Waals surface area contributed by atoms with Crippen LogP contribution in [0.4, 0.5) is 11.4 Å². The van der Waals surface area contributed by atoms with E-state index in [1.165, 1.54) is 21.2 Å². The maximum absolute atomic E-state index is 14.1. The van der Waals surface area contributed by atoms with E-state index in [0.717, 1.165) is 26.6 Å². The number of imide groups is 1. The average molecular weight is 687 g/mol. The second-order valence-corrected chi connectivity index (χ2v) is 13.5. The molecule has 7 rings (SSSR count). The lowest BCUT2D eigenvalue weighted by Crippen LogP contribution is -2.33. The molecule has 11 heteroatoms. The van der Waals surface area contributed by atoms with Crippen LogP contribution in [0, 0.1) is 5.92 Å². The molecule has 0 aliphatic carbocycles. The topological polar surface area (TPSA) is 97.7 Å². The van der Waals surface area contributed by atoms with Gasteiger partial charge in [-0.1, -0.05) is 93.6 Å². The molecule has 1 saturated heterocycles. The van der Waals surface area contributed by atoms with Crippen molar-refractivity contribution < 1.29 is 19.1 Å². The molecule has 2 aliphatic rings. The van der Waals surface area contributed by atoms with Crippen molar-refractivity contribution >= 4 is 78.9 Å². The van der Waals surface area contributed by atoms with Gasteiger partial charge in [-0.25, -0.2) is 4.90 Å². The van der Waals surface area contributed by atoms with E-state index in [1.807, 2.05) is 60.7 Å². The summed E-state index contributed by atoms with van der Waals surface area (Å²) in [7, 11) is 1.55. The Kier molecular flexibility index (Phi) is 7.39. The fraction of sp³-hybridized carbons (Fsp3) is 0.152. The zero-order chi connectivity index (χ0) is 30.5. The average Bonchev–Trinajstić information content (AvgIpc) is 3.48. The van der Waals surface area contributed by atoms with Crippen LogP contribution in [0.5, 0.6) is 5.75 Å². The highest BCUT2D eigenvalue weighted by Crippen LogP contribution is 2.55. The minimum Gasteiger partial charge on any atom is -0.496 e. The molecule has 5 aromatic rings. The van der Waals surface area contributed by atoms with Crippen LogP contribution in [-0.4, -0.2) is 34.6 Å². The fourth-order valence-electron chi connectivity index (χ4n) is 6.03. The van der Waals surface area contributed by atoms with Gasteiger partial charge in [-0.2, -0.15) is 0 Å². The van der Waals surface area contributed by atoms with E-state index in [-0.39, 0.29) is 29.1 Å². The summed E-state index contributed by atoms with van der Waals surface area (Å²) in [6.45, 7) is -0.241. The molecule has 8 nitrogen and oxygen atoms in total. The Morgan fingerprint density at radius 2 is 1.64 bits per heavy atom. The van der Waals surface area contributed by atoms with Crippen molar-refractivity contribution in [3.8, 4) is 5.75 Å². The third-order valence-electron chi connectivity index (χ3n) is 7.97. The molecule has 4 aromatic carbocycles. The van der Waals surface area contributed by atoms with Gasteiger partial charge < -0.3 is 10.1 Å². The Bertz CT molecular complexity index is 2020. The lowest BCUT2D eigenvalue weighted by atomic mass is 9.82. The van der Waals surface area contributed by atoms with Crippen LogP contribution in [0.25, 0.3) is 10.8 Å². The monoisotopic (exact) mass is 685 g/mol. The molecule has 1 fully saturated rings. The molecule has 3 heterocycles. The number of carbonyl (C=O) groups is 3. The number of carbonyl (C=O) groups excluding carboxylic acids is 3. The van der Waals surface area contributed by atoms with Gasteiger partial charge in [-0.15, -0.1) is 0 Å². The first-order valence-electron chi connectivity index (χ1n) is 13.8. The number of aromatic nitrogens is 1. The van der Waals surface area contributed by atoms with Gasteiger partial charge in [0.05, 0.1) is 23.7 Å². The van der Waals surface area contributed by atoms with Crippen molar-refractivity contribution in [2.75, 3.05) is 17.3 Å². The third-order valence-corrected chi connectivity index (χ3v) is 11.1. The molecule has 1 N–H and O–H groups in total. The van der Waals surface area contributed by atoms with Crippen LogP contribution in [0.15, 0.2) is 105 Å². The summed E-state index contributed by atoms with van der Waals surface area (Å²) < 4.78 is 7.93. The zero-order valence-corrected chi connectivity index (χ0v) is 26.4. The molecule has 44 heavy (non-hydrogen) atoms. The Balaban J connectivity index is 1.30. The summed E-state index contributed by atoms with van der Waals surface area (Å²) in [5.74, 6) is -1.90. The highest BCUT2D eigenvalue weighted by molar-refractivity contribution is 9.10. The van der Waals surface area contributed by atoms with E-state index in [1.54, 1.807) is 37.4 Å². The van der Waals surface area contributed by atoms with E-state index < -0.39 is 17.1 Å². The molecule has 1 aromatic heterocycles. The minimum atomic E-state index is -0.796. The predicted octanol–water partition coefficient (Wildman–Crippen LogP) is 6.27. The summed E-state index contributed by atoms with van der Waals surface area (Å²) in [5.41, 5.74) is 1.83. The number of hydrogen-bond acceptors (Lipinski definition) is 7. The Hall–Kier alpha value is -4.19. The van der Waals surface area contributed by atoms with E-state index in [4.69, 9.17) is 4.74 Å². The maximum atomic E-state index is 14.1. The first-order chi connectivity index (χ1) is 21.4. The minimum absolute atomic E-state index is 0.241. The van der Waals surface area contributed by atoms with Crippen LogP contribution >= 0.6 is 39.0 Å². The number of halogens is 1. The zero-order valence-electron chi connectivity index (χ0n) is 23.2. The predicted molar refractivity (Wildman–Crippen MR) is 176 cm³/mol. The number of thiazole rings is 1. The van der Waals surface area contributed by atoms with E-state index >= 15 is 0 Å². The van der Waals surface area contributed by atoms with Gasteiger partial charge in [0, 0.05) is 31.9 Å². The van der Waals surface area contributed by atoms with E-state index in [2.05, 4.69) is 21.2 Å². The van der Waals surface area contributed by atoms with Crippen LogP contribution in [0.2, 0.25) is 0 Å². The number of ether oxygens (including phenoxy) is 1. The molecule has 2 aliphatic heterocycles. The number of nitrogens with zero attached hydrogens (tertiary/aromatic N) is 2. The summed E-state index contributed by atoms with van der Waals surface area (Å²) in [6, 6.07) is 27.7. The quantitative estimate of drug-likeness (QED) is 0.212. The number of anilines is 2. The number of methoxy groups -OCH3 is 1. The standard InChI is InChI=1S/C33H24BrN3O5S2/c1-42-24-12-5-4-10-22(24)26-27-28(31(40)37(30(27)39)20-15-13-19(34)14-16-20)43-32-29(26)44-33(41)36(32)17-25(38)35-23-11-6-8-18-7-2-3-9-21(18)23/h2-16,26-28H,17H2,1H3,(H,35,38). The van der Waals surface area contributed by atoms with Gasteiger partial charge in [0.25, 0.3) is 0 Å². The number of fused-ring (bicyclic) bond motifs is 3. The molecular weight excluding hydrogens is 662 g/mol. The van der Waals surface area contributed by atoms with Crippen molar-refractivity contribution in [1.82, 2.24) is 4.57 Å². The largest absolute Gasteiger partial charge is 0.496 e. The van der Waals surface area contributed by atoms with Crippen LogP contribution < -0.4 is 19.8 Å². The highest BCUT2D eigenvalue weighted by atomic mass is 79.9. The maximum Gasteiger partial charge on any atom is 0.308 e. The van der Waals surface area contributed by atoms with Crippen LogP contribution in [-0.2, 0) is 20.9 Å². The Morgan fingerprint density at radius 3 is 2.43 bits per heavy atom. The SMILES string of the molecule is COc1ccccc1C1c2sc(=O)n(CC(=O)Nc3cccc4ccccc34)c2SC2C(=O)N(c3ccc(Br)cc3)C(=O)C21. The molecule has 3 amide bonds. The molecular formula is C33H24BrN3O5S2. The number of amides is 3. The van der Waals surface area contributed by atoms with Gasteiger partial charge in [0.1, 0.15) is 17.5 Å². The van der Waals surface area contributed by atoms with Gasteiger partial charge in [-0.3, -0.25) is 23.7 Å². The smallest absolute Gasteiger partial charge is 0.308 e. The summed E-state index contributed by atoms with van der Waals surface area (Å²) in [4.78, 5) is 56.5. The highest BCUT2D eigenvalue weighted by Gasteiger charge is 2.57. The van der Waals surface area contributed by atoms with Crippen molar-refractivity contribution in [2.45, 2.75) is 22.7 Å². The van der Waals surface area contributed by atoms with Crippen molar-refractivity contribution in [3.05, 3.63) is 116 Å². The molecule has 220 valence electrons. The third kappa shape index (κ3) is 4.75. The van der Waals surface area contributed by atoms with E-state index in [9.17, 15) is 19.2 Å². The van der Waals surface area contributed by atoms with Gasteiger partial charge >= 0.3 is 4.87 Å².